The highest BCUT2D eigenvalue weighted by Gasteiger charge is 2.30. The molecule has 0 aliphatic carbocycles. The summed E-state index contributed by atoms with van der Waals surface area (Å²) in [5.74, 6) is 0.360. The summed E-state index contributed by atoms with van der Waals surface area (Å²) in [5, 5.41) is 3.04. The molecule has 1 atom stereocenters. The number of rotatable bonds is 4. The summed E-state index contributed by atoms with van der Waals surface area (Å²) in [5.41, 5.74) is 2.85. The van der Waals surface area contributed by atoms with Crippen molar-refractivity contribution in [2.45, 2.75) is 31.6 Å². The molecule has 90 valence electrons. The Morgan fingerprint density at radius 1 is 1.62 bits per heavy atom. The molecule has 0 bridgehead atoms. The van der Waals surface area contributed by atoms with Gasteiger partial charge in [0.1, 0.15) is 0 Å². The van der Waals surface area contributed by atoms with Crippen molar-refractivity contribution in [3.63, 3.8) is 0 Å². The quantitative estimate of drug-likeness (QED) is 0.881. The number of nitrogens with zero attached hydrogens (tertiary/aromatic N) is 1. The molecule has 0 radical (unpaired) electrons. The number of hydrogen-bond acceptors (Lipinski definition) is 5. The zero-order chi connectivity index (χ0) is 11.6. The molecule has 1 saturated heterocycles. The van der Waals surface area contributed by atoms with Gasteiger partial charge in [0, 0.05) is 18.0 Å². The van der Waals surface area contributed by atoms with Gasteiger partial charge in [-0.25, -0.2) is 13.4 Å². The minimum Gasteiger partial charge on any atom is -0.310 e. The van der Waals surface area contributed by atoms with E-state index in [1.54, 1.807) is 11.3 Å². The third kappa shape index (κ3) is 2.61. The van der Waals surface area contributed by atoms with E-state index in [1.165, 1.54) is 4.88 Å². The zero-order valence-corrected chi connectivity index (χ0v) is 10.9. The fourth-order valence-corrected chi connectivity index (χ4v) is 4.48. The third-order valence-corrected chi connectivity index (χ3v) is 6.18. The summed E-state index contributed by atoms with van der Waals surface area (Å²) in [6.07, 6.45) is 1.62. The number of aromatic nitrogens is 1. The second-order valence-corrected chi connectivity index (χ2v) is 7.46. The Labute approximate surface area is 100 Å². The van der Waals surface area contributed by atoms with Crippen molar-refractivity contribution in [1.82, 2.24) is 10.3 Å². The third-order valence-electron chi connectivity index (χ3n) is 2.97. The lowest BCUT2D eigenvalue weighted by molar-refractivity contribution is 0.574. The molecule has 0 amide bonds. The number of aryl methyl sites for hydroxylation is 1. The molecule has 0 saturated carbocycles. The van der Waals surface area contributed by atoms with Gasteiger partial charge in [0.2, 0.25) is 0 Å². The monoisotopic (exact) mass is 260 g/mol. The van der Waals surface area contributed by atoms with Crippen LogP contribution >= 0.6 is 11.3 Å². The summed E-state index contributed by atoms with van der Waals surface area (Å²) >= 11 is 1.61. The fraction of sp³-hybridized carbons (Fsp3) is 0.700. The van der Waals surface area contributed by atoms with Crippen LogP contribution < -0.4 is 5.32 Å². The topological polar surface area (TPSA) is 59.1 Å². The summed E-state index contributed by atoms with van der Waals surface area (Å²) in [6.45, 7) is 3.27. The molecule has 4 nitrogen and oxygen atoms in total. The molecular weight excluding hydrogens is 244 g/mol. The Hall–Kier alpha value is -0.460. The molecule has 1 N–H and O–H groups in total. The zero-order valence-electron chi connectivity index (χ0n) is 9.27. The summed E-state index contributed by atoms with van der Waals surface area (Å²) in [7, 11) is -2.81. The largest absolute Gasteiger partial charge is 0.310 e. The van der Waals surface area contributed by atoms with Gasteiger partial charge in [-0.1, -0.05) is 0 Å². The maximum atomic E-state index is 11.6. The Bertz CT molecular complexity index is 453. The maximum absolute atomic E-state index is 11.6. The predicted molar refractivity (Wildman–Crippen MR) is 65.4 cm³/mol. The minimum atomic E-state index is -2.81. The van der Waals surface area contributed by atoms with E-state index in [0.717, 1.165) is 25.1 Å². The highest BCUT2D eigenvalue weighted by Crippen LogP contribution is 2.19. The second-order valence-electron chi connectivity index (χ2n) is 4.12. The Morgan fingerprint density at radius 2 is 2.44 bits per heavy atom. The molecule has 1 fully saturated rings. The Kier molecular flexibility index (Phi) is 3.61. The van der Waals surface area contributed by atoms with Gasteiger partial charge in [0.05, 0.1) is 22.2 Å². The van der Waals surface area contributed by atoms with Crippen LogP contribution in [0.4, 0.5) is 0 Å². The first-order valence-corrected chi connectivity index (χ1v) is 8.00. The molecule has 2 heterocycles. The first-order valence-electron chi connectivity index (χ1n) is 5.41. The van der Waals surface area contributed by atoms with Crippen molar-refractivity contribution in [1.29, 1.82) is 0 Å². The van der Waals surface area contributed by atoms with Crippen LogP contribution in [0.1, 0.15) is 23.4 Å². The normalized spacial score (nSPS) is 23.7. The van der Waals surface area contributed by atoms with Gasteiger partial charge in [0.15, 0.2) is 9.84 Å². The van der Waals surface area contributed by atoms with Crippen LogP contribution in [-0.4, -0.2) is 30.9 Å². The van der Waals surface area contributed by atoms with Gasteiger partial charge in [0.25, 0.3) is 0 Å². The first kappa shape index (κ1) is 12.0. The Morgan fingerprint density at radius 3 is 3.00 bits per heavy atom. The van der Waals surface area contributed by atoms with Crippen LogP contribution in [0.25, 0.3) is 0 Å². The predicted octanol–water partition coefficient (Wildman–Crippen LogP) is 1.12. The number of hydrogen-bond donors (Lipinski definition) is 1. The molecule has 1 aliphatic heterocycles. The molecule has 1 aliphatic rings. The van der Waals surface area contributed by atoms with E-state index < -0.39 is 9.84 Å². The first-order chi connectivity index (χ1) is 7.59. The highest BCUT2D eigenvalue weighted by molar-refractivity contribution is 7.92. The molecule has 1 unspecified atom stereocenters. The van der Waals surface area contributed by atoms with Crippen LogP contribution in [0.5, 0.6) is 0 Å². The molecule has 0 spiro atoms. The van der Waals surface area contributed by atoms with E-state index in [4.69, 9.17) is 0 Å². The second kappa shape index (κ2) is 4.81. The van der Waals surface area contributed by atoms with E-state index >= 15 is 0 Å². The van der Waals surface area contributed by atoms with Gasteiger partial charge < -0.3 is 5.32 Å². The lowest BCUT2D eigenvalue weighted by Gasteiger charge is -2.09. The van der Waals surface area contributed by atoms with Crippen LogP contribution in [0.3, 0.4) is 0 Å². The van der Waals surface area contributed by atoms with Gasteiger partial charge in [-0.2, -0.15) is 0 Å². The summed E-state index contributed by atoms with van der Waals surface area (Å²) in [4.78, 5) is 5.35. The lowest BCUT2D eigenvalue weighted by atomic mass is 10.2. The molecule has 1 aromatic heterocycles. The van der Waals surface area contributed by atoms with Crippen LogP contribution in [0.2, 0.25) is 0 Å². The standard InChI is InChI=1S/C10H16N2O2S2/c1-8-10(15-7-12-8)6-11-5-9-3-2-4-16(9,13)14/h7,9,11H,2-6H2,1H3. The smallest absolute Gasteiger partial charge is 0.154 e. The van der Waals surface area contributed by atoms with Crippen LogP contribution in [-0.2, 0) is 16.4 Å². The van der Waals surface area contributed by atoms with Crippen molar-refractivity contribution in [2.75, 3.05) is 12.3 Å². The van der Waals surface area contributed by atoms with Crippen LogP contribution in [0, 0.1) is 6.92 Å². The van der Waals surface area contributed by atoms with Gasteiger partial charge >= 0.3 is 0 Å². The average Bonchev–Trinajstić information content (AvgIpc) is 2.75. The van der Waals surface area contributed by atoms with E-state index in [2.05, 4.69) is 10.3 Å². The van der Waals surface area contributed by atoms with Crippen LogP contribution in [0.15, 0.2) is 5.51 Å². The van der Waals surface area contributed by atoms with E-state index in [-0.39, 0.29) is 5.25 Å². The SMILES string of the molecule is Cc1ncsc1CNCC1CCCS1(=O)=O. The van der Waals surface area contributed by atoms with E-state index in [9.17, 15) is 8.42 Å². The molecular formula is C10H16N2O2S2. The minimum absolute atomic E-state index is 0.180. The summed E-state index contributed by atoms with van der Waals surface area (Å²) in [6, 6.07) is 0. The summed E-state index contributed by atoms with van der Waals surface area (Å²) < 4.78 is 23.1. The number of nitrogens with one attached hydrogen (secondary N) is 1. The van der Waals surface area contributed by atoms with Gasteiger partial charge in [-0.15, -0.1) is 11.3 Å². The molecule has 0 aromatic carbocycles. The van der Waals surface area contributed by atoms with Crippen molar-refractivity contribution in [3.8, 4) is 0 Å². The highest BCUT2D eigenvalue weighted by atomic mass is 32.2. The number of thiazole rings is 1. The molecule has 1 aromatic rings. The molecule has 16 heavy (non-hydrogen) atoms. The number of sulfone groups is 1. The molecule has 2 rings (SSSR count). The van der Waals surface area contributed by atoms with Gasteiger partial charge in [-0.05, 0) is 19.8 Å². The Balaban J connectivity index is 1.83. The van der Waals surface area contributed by atoms with E-state index in [0.29, 0.717) is 12.3 Å². The lowest BCUT2D eigenvalue weighted by Crippen LogP contribution is -2.30. The van der Waals surface area contributed by atoms with Crippen molar-refractivity contribution >= 4 is 21.2 Å². The molecule has 6 heteroatoms. The fourth-order valence-electron chi connectivity index (χ4n) is 1.93. The van der Waals surface area contributed by atoms with E-state index in [1.807, 2.05) is 12.4 Å². The van der Waals surface area contributed by atoms with Gasteiger partial charge in [-0.3, -0.25) is 0 Å². The van der Waals surface area contributed by atoms with Crippen molar-refractivity contribution in [3.05, 3.63) is 16.1 Å². The average molecular weight is 260 g/mol. The van der Waals surface area contributed by atoms with Crippen molar-refractivity contribution < 1.29 is 8.42 Å². The maximum Gasteiger partial charge on any atom is 0.154 e. The van der Waals surface area contributed by atoms with Crippen molar-refractivity contribution in [2.24, 2.45) is 0 Å².